The molecule has 82 valence electrons. The molecule has 1 aliphatic carbocycles. The minimum Gasteiger partial charge on any atom is -0.466 e. The summed E-state index contributed by atoms with van der Waals surface area (Å²) in [6.45, 7) is 4.25. The molecule has 0 radical (unpaired) electrons. The number of rotatable bonds is 4. The van der Waals surface area contributed by atoms with E-state index in [9.17, 15) is 4.79 Å². The summed E-state index contributed by atoms with van der Waals surface area (Å²) in [5.41, 5.74) is 2.09. The molecule has 4 heteroatoms. The van der Waals surface area contributed by atoms with Gasteiger partial charge in [-0.05, 0) is 32.3 Å². The first-order valence-corrected chi connectivity index (χ1v) is 5.41. The molecule has 2 rings (SSSR count). The number of hydrogen-bond donors (Lipinski definition) is 0. The third kappa shape index (κ3) is 2.19. The lowest BCUT2D eigenvalue weighted by Crippen LogP contribution is -2.12. The van der Waals surface area contributed by atoms with E-state index in [4.69, 9.17) is 4.74 Å². The van der Waals surface area contributed by atoms with E-state index in [2.05, 4.69) is 5.10 Å². The average Bonchev–Trinajstić information content (AvgIpc) is 2.96. The van der Waals surface area contributed by atoms with Crippen molar-refractivity contribution in [1.82, 2.24) is 9.78 Å². The summed E-state index contributed by atoms with van der Waals surface area (Å²) in [6, 6.07) is 0.517. The molecule has 0 N–H and O–H groups in total. The minimum absolute atomic E-state index is 0.164. The summed E-state index contributed by atoms with van der Waals surface area (Å²) in [5.74, 6) is -0.164. The van der Waals surface area contributed by atoms with E-state index in [1.165, 1.54) is 12.8 Å². The third-order valence-corrected chi connectivity index (χ3v) is 2.62. The van der Waals surface area contributed by atoms with Gasteiger partial charge in [-0.3, -0.25) is 9.48 Å². The van der Waals surface area contributed by atoms with Gasteiger partial charge in [-0.25, -0.2) is 0 Å². The van der Waals surface area contributed by atoms with Crippen molar-refractivity contribution in [3.05, 3.63) is 17.5 Å². The van der Waals surface area contributed by atoms with E-state index >= 15 is 0 Å². The molecule has 1 aromatic heterocycles. The van der Waals surface area contributed by atoms with Gasteiger partial charge in [-0.15, -0.1) is 0 Å². The number of carbonyl (C=O) groups is 1. The number of aryl methyl sites for hydroxylation is 1. The van der Waals surface area contributed by atoms with Crippen molar-refractivity contribution >= 4 is 5.97 Å². The predicted octanol–water partition coefficient (Wildman–Crippen LogP) is 1.63. The molecule has 0 atom stereocenters. The van der Waals surface area contributed by atoms with Crippen molar-refractivity contribution in [1.29, 1.82) is 0 Å². The van der Waals surface area contributed by atoms with Crippen molar-refractivity contribution < 1.29 is 9.53 Å². The number of esters is 1. The van der Waals surface area contributed by atoms with Gasteiger partial charge in [0.05, 0.1) is 31.0 Å². The van der Waals surface area contributed by atoms with Crippen molar-refractivity contribution in [2.45, 2.75) is 39.2 Å². The lowest BCUT2D eigenvalue weighted by atomic mass is 10.2. The molecular weight excluding hydrogens is 192 g/mol. The molecular formula is C11H16N2O2. The van der Waals surface area contributed by atoms with Crippen molar-refractivity contribution in [3.63, 3.8) is 0 Å². The zero-order valence-corrected chi connectivity index (χ0v) is 9.19. The Morgan fingerprint density at radius 1 is 1.67 bits per heavy atom. The smallest absolute Gasteiger partial charge is 0.311 e. The maximum Gasteiger partial charge on any atom is 0.311 e. The van der Waals surface area contributed by atoms with Crippen LogP contribution in [0.1, 0.15) is 37.1 Å². The van der Waals surface area contributed by atoms with Gasteiger partial charge < -0.3 is 4.74 Å². The van der Waals surface area contributed by atoms with Crippen LogP contribution < -0.4 is 0 Å². The van der Waals surface area contributed by atoms with Crippen LogP contribution >= 0.6 is 0 Å². The maximum absolute atomic E-state index is 11.4. The molecule has 0 spiro atoms. The number of aromatic nitrogens is 2. The molecule has 0 aliphatic heterocycles. The van der Waals surface area contributed by atoms with Gasteiger partial charge in [-0.1, -0.05) is 0 Å². The second-order valence-electron chi connectivity index (χ2n) is 3.93. The quantitative estimate of drug-likeness (QED) is 0.706. The first-order chi connectivity index (χ1) is 7.22. The molecule has 0 amide bonds. The van der Waals surface area contributed by atoms with Gasteiger partial charge >= 0.3 is 5.97 Å². The van der Waals surface area contributed by atoms with E-state index in [1.807, 2.05) is 24.7 Å². The molecule has 1 heterocycles. The Bertz CT molecular complexity index is 367. The second-order valence-corrected chi connectivity index (χ2v) is 3.93. The van der Waals surface area contributed by atoms with Gasteiger partial charge in [0.15, 0.2) is 0 Å². The van der Waals surface area contributed by atoms with Crippen LogP contribution in [-0.4, -0.2) is 22.4 Å². The van der Waals surface area contributed by atoms with Gasteiger partial charge in [0.25, 0.3) is 0 Å². The highest BCUT2D eigenvalue weighted by Crippen LogP contribution is 2.35. The Labute approximate surface area is 89.2 Å². The summed E-state index contributed by atoms with van der Waals surface area (Å²) in [5, 5.41) is 4.30. The molecule has 1 aromatic rings. The Kier molecular flexibility index (Phi) is 2.75. The molecule has 0 aromatic carbocycles. The van der Waals surface area contributed by atoms with Crippen LogP contribution in [0.5, 0.6) is 0 Å². The number of hydrogen-bond acceptors (Lipinski definition) is 3. The monoisotopic (exact) mass is 208 g/mol. The summed E-state index contributed by atoms with van der Waals surface area (Å²) in [7, 11) is 0. The lowest BCUT2D eigenvalue weighted by Gasteiger charge is -2.06. The number of ether oxygens (including phenoxy) is 1. The Balaban J connectivity index is 2.11. The maximum atomic E-state index is 11.4. The molecule has 15 heavy (non-hydrogen) atoms. The zero-order valence-electron chi connectivity index (χ0n) is 9.19. The van der Waals surface area contributed by atoms with Crippen molar-refractivity contribution in [2.75, 3.05) is 6.61 Å². The first kappa shape index (κ1) is 10.2. The van der Waals surface area contributed by atoms with Gasteiger partial charge in [-0.2, -0.15) is 5.10 Å². The van der Waals surface area contributed by atoms with Crippen LogP contribution in [0.15, 0.2) is 6.20 Å². The number of nitrogens with zero attached hydrogens (tertiary/aromatic N) is 2. The molecule has 4 nitrogen and oxygen atoms in total. The normalized spacial score (nSPS) is 15.3. The van der Waals surface area contributed by atoms with E-state index in [0.717, 1.165) is 11.3 Å². The third-order valence-electron chi connectivity index (χ3n) is 2.62. The highest BCUT2D eigenvalue weighted by Gasteiger charge is 2.27. The fraction of sp³-hybridized carbons (Fsp3) is 0.636. The molecule has 1 aliphatic rings. The number of carbonyl (C=O) groups excluding carboxylic acids is 1. The standard InChI is InChI=1S/C11H16N2O2/c1-3-15-11(14)6-10-8(2)7-12-13(10)9-4-5-9/h7,9H,3-6H2,1-2H3. The summed E-state index contributed by atoms with van der Waals surface area (Å²) in [4.78, 5) is 11.4. The van der Waals surface area contributed by atoms with E-state index in [-0.39, 0.29) is 5.97 Å². The fourth-order valence-corrected chi connectivity index (χ4v) is 1.68. The van der Waals surface area contributed by atoms with Crippen LogP contribution in [0.2, 0.25) is 0 Å². The van der Waals surface area contributed by atoms with Crippen LogP contribution in [0, 0.1) is 6.92 Å². The molecule has 1 fully saturated rings. The lowest BCUT2D eigenvalue weighted by molar-refractivity contribution is -0.142. The Hall–Kier alpha value is -1.32. The van der Waals surface area contributed by atoms with Crippen molar-refractivity contribution in [2.24, 2.45) is 0 Å². The Morgan fingerprint density at radius 2 is 2.40 bits per heavy atom. The van der Waals surface area contributed by atoms with E-state index in [0.29, 0.717) is 19.1 Å². The van der Waals surface area contributed by atoms with Crippen LogP contribution in [0.4, 0.5) is 0 Å². The molecule has 0 saturated heterocycles. The SMILES string of the molecule is CCOC(=O)Cc1c(C)cnn1C1CC1. The largest absolute Gasteiger partial charge is 0.466 e. The second kappa shape index (κ2) is 4.04. The van der Waals surface area contributed by atoms with Crippen LogP contribution in [0.3, 0.4) is 0 Å². The first-order valence-electron chi connectivity index (χ1n) is 5.41. The summed E-state index contributed by atoms with van der Waals surface area (Å²) < 4.78 is 6.92. The minimum atomic E-state index is -0.164. The summed E-state index contributed by atoms with van der Waals surface area (Å²) >= 11 is 0. The molecule has 1 saturated carbocycles. The zero-order chi connectivity index (χ0) is 10.8. The molecule has 0 bridgehead atoms. The van der Waals surface area contributed by atoms with E-state index in [1.54, 1.807) is 0 Å². The summed E-state index contributed by atoms with van der Waals surface area (Å²) in [6.07, 6.45) is 4.52. The van der Waals surface area contributed by atoms with Crippen molar-refractivity contribution in [3.8, 4) is 0 Å². The Morgan fingerprint density at radius 3 is 3.00 bits per heavy atom. The van der Waals surface area contributed by atoms with Gasteiger partial charge in [0.1, 0.15) is 0 Å². The average molecular weight is 208 g/mol. The fourth-order valence-electron chi connectivity index (χ4n) is 1.68. The predicted molar refractivity (Wildman–Crippen MR) is 55.6 cm³/mol. The van der Waals surface area contributed by atoms with E-state index < -0.39 is 0 Å². The molecule has 0 unspecified atom stereocenters. The van der Waals surface area contributed by atoms with Crippen LogP contribution in [-0.2, 0) is 16.0 Å². The highest BCUT2D eigenvalue weighted by molar-refractivity contribution is 5.72. The highest BCUT2D eigenvalue weighted by atomic mass is 16.5. The van der Waals surface area contributed by atoms with Gasteiger partial charge in [0, 0.05) is 0 Å². The van der Waals surface area contributed by atoms with Crippen LogP contribution in [0.25, 0.3) is 0 Å². The van der Waals surface area contributed by atoms with Gasteiger partial charge in [0.2, 0.25) is 0 Å². The topological polar surface area (TPSA) is 44.1 Å².